The second kappa shape index (κ2) is 26.3. The standard InChI is InChI=1S/C44H52N12O16S4/c1-25(57)21-55(22-26(2)58)43-52-40(46-32-13-17-36(18-14-32)75(64,65)66)49-41(53-43)47-33-9-7-29(37(19-33)73-72-71-61)5-6-30-8-10-34(20-38(30)76(67,68)69)48-42-50-39(45-31-11-15-35(16-12-31)70-74(62)63)51-44(54-42)56(23-27(3)59)24-28(4)60/h5-20,25-28,57-61H,21-24H2,1-4H3,(H,62,63)(H,64,65,66)(H,67,68,69)(H2,45,48,50,51,54)(H2,46,47,49,52,53)/b6-5+. The summed E-state index contributed by atoms with van der Waals surface area (Å²) in [6, 6.07) is 19.5. The molecule has 12 N–H and O–H groups in total. The predicted molar refractivity (Wildman–Crippen MR) is 280 cm³/mol. The Hall–Kier alpha value is -6.76. The third-order valence-corrected chi connectivity index (χ3v) is 12.6. The fourth-order valence-electron chi connectivity index (χ4n) is 6.92. The zero-order valence-corrected chi connectivity index (χ0v) is 43.7. The van der Waals surface area contributed by atoms with Crippen LogP contribution in [0.15, 0.2) is 99.6 Å². The number of nitrogens with zero attached hydrogens (tertiary/aromatic N) is 8. The van der Waals surface area contributed by atoms with Crippen LogP contribution in [-0.2, 0) is 41.0 Å². The Balaban J connectivity index is 1.31. The zero-order valence-electron chi connectivity index (χ0n) is 40.4. The minimum atomic E-state index is -4.93. The molecule has 5 unspecified atom stereocenters. The minimum absolute atomic E-state index is 0.00147. The van der Waals surface area contributed by atoms with Crippen LogP contribution in [-0.4, -0.2) is 141 Å². The highest BCUT2D eigenvalue weighted by molar-refractivity contribution is 7.94. The Morgan fingerprint density at radius 3 is 1.38 bits per heavy atom. The average Bonchev–Trinajstić information content (AvgIpc) is 3.32. The van der Waals surface area contributed by atoms with Crippen molar-refractivity contribution < 1.29 is 73.9 Å². The molecule has 76 heavy (non-hydrogen) atoms. The van der Waals surface area contributed by atoms with Crippen LogP contribution in [0.5, 0.6) is 5.75 Å². The van der Waals surface area contributed by atoms with E-state index in [2.05, 4.69) is 56.2 Å². The molecule has 0 amide bonds. The Morgan fingerprint density at radius 1 is 0.579 bits per heavy atom. The van der Waals surface area contributed by atoms with Crippen molar-refractivity contribution in [2.45, 2.75) is 66.8 Å². The molecular weight excluding hydrogens is 1080 g/mol. The summed E-state index contributed by atoms with van der Waals surface area (Å²) < 4.78 is 98.7. The molecule has 0 saturated heterocycles. The number of aliphatic hydroxyl groups excluding tert-OH is 4. The third kappa shape index (κ3) is 17.9. The Kier molecular flexibility index (Phi) is 20.3. The lowest BCUT2D eigenvalue weighted by Gasteiger charge is -2.26. The van der Waals surface area contributed by atoms with Crippen LogP contribution in [0.1, 0.15) is 38.8 Å². The molecule has 6 rings (SSSR count). The second-order valence-corrected chi connectivity index (χ2v) is 20.8. The van der Waals surface area contributed by atoms with Gasteiger partial charge in [-0.05, 0) is 112 Å². The van der Waals surface area contributed by atoms with Crippen molar-refractivity contribution >= 4 is 114 Å². The molecule has 0 aliphatic carbocycles. The van der Waals surface area contributed by atoms with Gasteiger partial charge >= 0.3 is 11.4 Å². The van der Waals surface area contributed by atoms with Crippen LogP contribution < -0.4 is 35.3 Å². The van der Waals surface area contributed by atoms with Crippen molar-refractivity contribution in [3.8, 4) is 5.75 Å². The summed E-state index contributed by atoms with van der Waals surface area (Å²) in [7, 11) is -9.41. The molecule has 0 saturated carbocycles. The smallest absolute Gasteiger partial charge is 0.357 e. The van der Waals surface area contributed by atoms with Crippen molar-refractivity contribution in [2.24, 2.45) is 0 Å². The molecule has 408 valence electrons. The van der Waals surface area contributed by atoms with E-state index < -0.39 is 60.9 Å². The van der Waals surface area contributed by atoms with Gasteiger partial charge in [0.05, 0.1) is 41.4 Å². The molecule has 5 atom stereocenters. The summed E-state index contributed by atoms with van der Waals surface area (Å²) in [5.74, 6) is -0.211. The first-order valence-electron chi connectivity index (χ1n) is 22.3. The third-order valence-electron chi connectivity index (χ3n) is 9.85. The average molecular weight is 1130 g/mol. The first-order chi connectivity index (χ1) is 35.9. The summed E-state index contributed by atoms with van der Waals surface area (Å²) in [6.45, 7) is 6.09. The lowest BCUT2D eigenvalue weighted by Crippen LogP contribution is -2.37. The highest BCUT2D eigenvalue weighted by Gasteiger charge is 2.22. The second-order valence-electron chi connectivity index (χ2n) is 16.6. The zero-order chi connectivity index (χ0) is 55.3. The van der Waals surface area contributed by atoms with Gasteiger partial charge in [0.25, 0.3) is 20.2 Å². The molecule has 2 heterocycles. The van der Waals surface area contributed by atoms with Gasteiger partial charge in [0, 0.05) is 53.8 Å². The molecule has 0 fully saturated rings. The van der Waals surface area contributed by atoms with Gasteiger partial charge in [-0.15, -0.1) is 4.33 Å². The quantitative estimate of drug-likeness (QED) is 0.00824. The topological polar surface area (TPSA) is 407 Å². The molecule has 0 spiro atoms. The summed E-state index contributed by atoms with van der Waals surface area (Å²) in [4.78, 5) is 29.1. The first-order valence-corrected chi connectivity index (χ1v) is 26.9. The molecule has 0 aliphatic heterocycles. The molecule has 0 radical (unpaired) electrons. The van der Waals surface area contributed by atoms with E-state index in [-0.39, 0.29) is 88.7 Å². The highest BCUT2D eigenvalue weighted by Crippen LogP contribution is 2.32. The van der Waals surface area contributed by atoms with Gasteiger partial charge in [-0.25, -0.2) is 5.26 Å². The summed E-state index contributed by atoms with van der Waals surface area (Å²) in [5, 5.41) is 65.9. The molecule has 0 aliphatic rings. The molecule has 4 aromatic carbocycles. The van der Waals surface area contributed by atoms with Gasteiger partial charge in [0.1, 0.15) is 10.6 Å². The fourth-order valence-corrected chi connectivity index (χ4v) is 8.89. The lowest BCUT2D eigenvalue weighted by atomic mass is 10.1. The normalized spacial score (nSPS) is 13.8. The van der Waals surface area contributed by atoms with Crippen LogP contribution in [0, 0.1) is 0 Å². The van der Waals surface area contributed by atoms with Gasteiger partial charge < -0.3 is 55.7 Å². The van der Waals surface area contributed by atoms with Gasteiger partial charge in [0.2, 0.25) is 35.7 Å². The van der Waals surface area contributed by atoms with Crippen LogP contribution in [0.25, 0.3) is 12.2 Å². The van der Waals surface area contributed by atoms with E-state index >= 15 is 0 Å². The maximum atomic E-state index is 12.9. The molecule has 6 aromatic rings. The number of rotatable bonds is 27. The number of benzene rings is 4. The Labute approximate surface area is 442 Å². The van der Waals surface area contributed by atoms with Gasteiger partial charge in [-0.1, -0.05) is 29.3 Å². The van der Waals surface area contributed by atoms with E-state index in [0.717, 1.165) is 18.2 Å². The summed E-state index contributed by atoms with van der Waals surface area (Å²) >= 11 is -2.01. The largest absolute Gasteiger partial charge is 0.392 e. The SMILES string of the molecule is CC(O)CN(CC(C)O)c1nc(Nc2ccc(S(=O)(=O)O)cc2)nc(Nc2ccc(/C=C/c3ccc(Nc4nc(Nc5ccc(OS(=O)O)cc5)nc(N(CC(C)O)CC(C)O)n4)cc3S(=O)(=O)O)c(SOOO)c2)n1. The number of aliphatic hydroxyl groups is 4. The van der Waals surface area contributed by atoms with E-state index in [0.29, 0.717) is 34.7 Å². The molecule has 32 heteroatoms. The van der Waals surface area contributed by atoms with Crippen LogP contribution >= 0.6 is 12.0 Å². The van der Waals surface area contributed by atoms with Gasteiger partial charge in [-0.2, -0.15) is 50.9 Å². The number of hydrogen-bond acceptors (Lipinski definition) is 26. The first kappa shape index (κ1) is 58.5. The molecular formula is C44H52N12O16S4. The highest BCUT2D eigenvalue weighted by atomic mass is 32.2. The molecule has 28 nitrogen and oxygen atoms in total. The van der Waals surface area contributed by atoms with Crippen LogP contribution in [0.3, 0.4) is 0 Å². The maximum absolute atomic E-state index is 12.9. The van der Waals surface area contributed by atoms with Crippen molar-refractivity contribution in [1.29, 1.82) is 0 Å². The van der Waals surface area contributed by atoms with Gasteiger partial charge in [-0.3, -0.25) is 13.7 Å². The van der Waals surface area contributed by atoms with E-state index in [9.17, 15) is 50.6 Å². The lowest BCUT2D eigenvalue weighted by molar-refractivity contribution is -0.432. The predicted octanol–water partition coefficient (Wildman–Crippen LogP) is 4.77. The van der Waals surface area contributed by atoms with Crippen molar-refractivity contribution in [1.82, 2.24) is 29.9 Å². The summed E-state index contributed by atoms with van der Waals surface area (Å²) in [5.41, 5.74) is 1.49. The Bertz CT molecular complexity index is 3200. The van der Waals surface area contributed by atoms with Crippen molar-refractivity contribution in [3.63, 3.8) is 0 Å². The number of anilines is 10. The number of aromatic nitrogens is 6. The number of nitrogens with one attached hydrogen (secondary N) is 4. The van der Waals surface area contributed by atoms with Crippen LogP contribution in [0.2, 0.25) is 0 Å². The maximum Gasteiger partial charge on any atom is 0.357 e. The van der Waals surface area contributed by atoms with E-state index in [1.165, 1.54) is 104 Å². The number of hydrogen-bond donors (Lipinski definition) is 12. The van der Waals surface area contributed by atoms with Crippen LogP contribution in [0.4, 0.5) is 58.4 Å². The van der Waals surface area contributed by atoms with E-state index in [1.807, 2.05) is 0 Å². The van der Waals surface area contributed by atoms with Gasteiger partial charge in [0.15, 0.2) is 0 Å². The van der Waals surface area contributed by atoms with Crippen molar-refractivity contribution in [3.05, 3.63) is 96.1 Å². The minimum Gasteiger partial charge on any atom is -0.392 e. The van der Waals surface area contributed by atoms with Crippen molar-refractivity contribution in [2.75, 3.05) is 57.2 Å². The molecule has 0 bridgehead atoms. The van der Waals surface area contributed by atoms with E-state index in [1.54, 1.807) is 12.1 Å². The van der Waals surface area contributed by atoms with E-state index in [4.69, 9.17) is 18.3 Å². The molecule has 2 aromatic heterocycles. The monoisotopic (exact) mass is 1130 g/mol. The summed E-state index contributed by atoms with van der Waals surface area (Å²) in [6.07, 6.45) is -0.700. The Morgan fingerprint density at radius 2 is 0.974 bits per heavy atom. The fraction of sp³-hybridized carbons (Fsp3) is 0.273.